The summed E-state index contributed by atoms with van der Waals surface area (Å²) in [6, 6.07) is 8.29. The van der Waals surface area contributed by atoms with Gasteiger partial charge in [-0.15, -0.1) is 0 Å². The summed E-state index contributed by atoms with van der Waals surface area (Å²) in [6.07, 6.45) is 5.54. The second-order valence-electron chi connectivity index (χ2n) is 7.07. The van der Waals surface area contributed by atoms with E-state index in [1.165, 1.54) is 30.5 Å². The summed E-state index contributed by atoms with van der Waals surface area (Å²) >= 11 is 3.13. The Kier molecular flexibility index (Phi) is 5.90. The van der Waals surface area contributed by atoms with Crippen LogP contribution in [-0.2, 0) is 11.8 Å². The molecule has 0 saturated heterocycles. The van der Waals surface area contributed by atoms with Gasteiger partial charge in [-0.1, -0.05) is 12.6 Å². The third-order valence-corrected chi connectivity index (χ3v) is 5.24. The first-order valence-electron chi connectivity index (χ1n) is 10.8. The number of nitrogens with zero attached hydrogens (tertiary/aromatic N) is 4. The van der Waals surface area contributed by atoms with Crippen LogP contribution in [0.4, 0.5) is 37.6 Å². The van der Waals surface area contributed by atoms with E-state index in [1.807, 2.05) is 0 Å². The molecule has 0 unspecified atom stereocenters. The van der Waals surface area contributed by atoms with Crippen LogP contribution in [0.15, 0.2) is 72.1 Å². The van der Waals surface area contributed by atoms with Gasteiger partial charge in [-0.25, -0.2) is 13.8 Å². The molecule has 2 aromatic heterocycles. The molecule has 0 saturated carbocycles. The van der Waals surface area contributed by atoms with Crippen LogP contribution >= 0.6 is 15.9 Å². The van der Waals surface area contributed by atoms with Crippen LogP contribution in [0.25, 0.3) is 11.1 Å². The minimum absolute atomic E-state index is 0.0291. The first-order valence-corrected chi connectivity index (χ1v) is 10.6. The molecule has 2 heterocycles. The highest BCUT2D eigenvalue weighted by molar-refractivity contribution is 9.10. The molecule has 34 heavy (non-hydrogen) atoms. The van der Waals surface area contributed by atoms with Gasteiger partial charge in [-0.2, -0.15) is 10.1 Å². The summed E-state index contributed by atoms with van der Waals surface area (Å²) < 4.78 is 45.0. The predicted octanol–water partition coefficient (Wildman–Crippen LogP) is 5.53. The molecule has 0 spiro atoms. The third-order valence-electron chi connectivity index (χ3n) is 4.60. The number of rotatable bonds is 7. The molecule has 0 atom stereocenters. The summed E-state index contributed by atoms with van der Waals surface area (Å²) in [7, 11) is 1.75. The van der Waals surface area contributed by atoms with E-state index in [9.17, 15) is 13.6 Å². The average molecular weight is 528 g/mol. The highest BCUT2D eigenvalue weighted by Gasteiger charge is 2.15. The Morgan fingerprint density at radius 1 is 1.15 bits per heavy atom. The molecular weight excluding hydrogens is 508 g/mol. The standard InChI is InChI=1S/C23H18BrF2N7O/c1-3-21(34)29-14-5-7-18(25)20(9-14)31-22-16(13-4-6-17(24)19(26)8-13)11-27-23(32-22)30-15-10-28-33(2)12-15/h3-12H,1H2,2H3,(H,29,34)(H2,27,30,31,32)/i1D2. The lowest BCUT2D eigenvalue weighted by atomic mass is 10.1. The van der Waals surface area contributed by atoms with Crippen molar-refractivity contribution in [2.45, 2.75) is 0 Å². The zero-order valence-electron chi connectivity index (χ0n) is 19.6. The number of carbonyl (C=O) groups is 1. The van der Waals surface area contributed by atoms with E-state index in [1.54, 1.807) is 30.2 Å². The van der Waals surface area contributed by atoms with Gasteiger partial charge in [-0.05, 0) is 57.9 Å². The average Bonchev–Trinajstić information content (AvgIpc) is 3.22. The maximum atomic E-state index is 14.7. The maximum Gasteiger partial charge on any atom is 0.247 e. The van der Waals surface area contributed by atoms with Gasteiger partial charge in [0.25, 0.3) is 0 Å². The lowest BCUT2D eigenvalue weighted by Crippen LogP contribution is -2.08. The fraction of sp³-hybridized carbons (Fsp3) is 0.0435. The van der Waals surface area contributed by atoms with Crippen molar-refractivity contribution in [1.82, 2.24) is 19.7 Å². The Hall–Kier alpha value is -4.12. The largest absolute Gasteiger partial charge is 0.337 e. The third kappa shape index (κ3) is 5.26. The molecule has 0 aliphatic carbocycles. The van der Waals surface area contributed by atoms with Crippen LogP contribution < -0.4 is 16.0 Å². The number of benzene rings is 2. The first kappa shape index (κ1) is 20.5. The van der Waals surface area contributed by atoms with Gasteiger partial charge in [0.1, 0.15) is 17.5 Å². The van der Waals surface area contributed by atoms with E-state index >= 15 is 0 Å². The number of aryl methyl sites for hydroxylation is 1. The number of anilines is 5. The lowest BCUT2D eigenvalue weighted by molar-refractivity contribution is -0.111. The molecule has 2 aromatic carbocycles. The SMILES string of the molecule is [2H]C([2H])=CC(=O)Nc1ccc(F)c(Nc2nc(Nc3cnn(C)c3)ncc2-c2ccc(Br)c(F)c2)c1. The molecular formula is C23H18BrF2N7O. The Balaban J connectivity index is 1.72. The van der Waals surface area contributed by atoms with E-state index in [-0.39, 0.29) is 27.6 Å². The van der Waals surface area contributed by atoms with Gasteiger partial charge in [0, 0.05) is 30.7 Å². The molecule has 1 amide bonds. The van der Waals surface area contributed by atoms with E-state index in [4.69, 9.17) is 2.74 Å². The van der Waals surface area contributed by atoms with Crippen molar-refractivity contribution in [1.29, 1.82) is 0 Å². The van der Waals surface area contributed by atoms with Gasteiger partial charge in [-0.3, -0.25) is 9.48 Å². The number of hydrogen-bond acceptors (Lipinski definition) is 6. The number of halogens is 3. The fourth-order valence-corrected chi connectivity index (χ4v) is 3.28. The van der Waals surface area contributed by atoms with Crippen LogP contribution in [0.1, 0.15) is 2.74 Å². The molecule has 0 radical (unpaired) electrons. The number of amides is 1. The van der Waals surface area contributed by atoms with Crippen molar-refractivity contribution < 1.29 is 16.3 Å². The van der Waals surface area contributed by atoms with Crippen molar-refractivity contribution in [3.8, 4) is 11.1 Å². The molecule has 11 heteroatoms. The number of aromatic nitrogens is 4. The molecule has 3 N–H and O–H groups in total. The number of hydrogen-bond donors (Lipinski definition) is 3. The Morgan fingerprint density at radius 3 is 2.74 bits per heavy atom. The fourth-order valence-electron chi connectivity index (χ4n) is 3.03. The predicted molar refractivity (Wildman–Crippen MR) is 130 cm³/mol. The van der Waals surface area contributed by atoms with Crippen molar-refractivity contribution in [2.24, 2.45) is 7.05 Å². The van der Waals surface area contributed by atoms with Gasteiger partial charge in [0.15, 0.2) is 0 Å². The summed E-state index contributed by atoms with van der Waals surface area (Å²) in [4.78, 5) is 20.6. The number of nitrogens with one attached hydrogen (secondary N) is 3. The zero-order chi connectivity index (χ0) is 25.8. The molecule has 0 fully saturated rings. The molecule has 4 aromatic rings. The Labute approximate surface area is 204 Å². The molecule has 0 bridgehead atoms. The minimum atomic E-state index is -0.705. The van der Waals surface area contributed by atoms with Gasteiger partial charge < -0.3 is 16.0 Å². The van der Waals surface area contributed by atoms with Gasteiger partial charge in [0.05, 0.1) is 24.8 Å². The van der Waals surface area contributed by atoms with Crippen molar-refractivity contribution in [3.63, 3.8) is 0 Å². The summed E-state index contributed by atoms with van der Waals surface area (Å²) in [5.41, 5.74) is 1.65. The summed E-state index contributed by atoms with van der Waals surface area (Å²) in [5, 5.41) is 12.4. The second kappa shape index (κ2) is 9.79. The molecule has 0 aliphatic heterocycles. The molecule has 8 nitrogen and oxygen atoms in total. The minimum Gasteiger partial charge on any atom is -0.337 e. The van der Waals surface area contributed by atoms with Crippen molar-refractivity contribution in [2.75, 3.05) is 16.0 Å². The van der Waals surface area contributed by atoms with Crippen molar-refractivity contribution in [3.05, 3.63) is 83.7 Å². The summed E-state index contributed by atoms with van der Waals surface area (Å²) in [5.74, 6) is -1.49. The lowest BCUT2D eigenvalue weighted by Gasteiger charge is -2.15. The van der Waals surface area contributed by atoms with E-state index < -0.39 is 24.1 Å². The van der Waals surface area contributed by atoms with Gasteiger partial charge >= 0.3 is 0 Å². The smallest absolute Gasteiger partial charge is 0.247 e. The zero-order valence-corrected chi connectivity index (χ0v) is 19.2. The van der Waals surface area contributed by atoms with E-state index in [0.717, 1.165) is 12.1 Å². The second-order valence-corrected chi connectivity index (χ2v) is 7.92. The maximum absolute atomic E-state index is 14.7. The summed E-state index contributed by atoms with van der Waals surface area (Å²) in [6.45, 7) is -0.672. The van der Waals surface area contributed by atoms with Crippen LogP contribution in [-0.4, -0.2) is 25.7 Å². The number of carbonyl (C=O) groups excluding carboxylic acids is 1. The topological polar surface area (TPSA) is 96.8 Å². The first-order chi connectivity index (χ1) is 17.2. The van der Waals surface area contributed by atoms with Gasteiger partial charge in [0.2, 0.25) is 11.9 Å². The molecule has 172 valence electrons. The van der Waals surface area contributed by atoms with Crippen LogP contribution in [0.5, 0.6) is 0 Å². The Bertz CT molecular complexity index is 1470. The quantitative estimate of drug-likeness (QED) is 0.273. The van der Waals surface area contributed by atoms with E-state index in [2.05, 4.69) is 46.9 Å². The van der Waals surface area contributed by atoms with Crippen LogP contribution in [0.2, 0.25) is 0 Å². The van der Waals surface area contributed by atoms with Crippen LogP contribution in [0.3, 0.4) is 0 Å². The molecule has 0 aliphatic rings. The normalized spacial score (nSPS) is 11.3. The Morgan fingerprint density at radius 2 is 2.00 bits per heavy atom. The van der Waals surface area contributed by atoms with Crippen LogP contribution in [0, 0.1) is 11.6 Å². The molecule has 4 rings (SSSR count). The van der Waals surface area contributed by atoms with Crippen molar-refractivity contribution >= 4 is 50.7 Å². The monoisotopic (exact) mass is 527 g/mol. The highest BCUT2D eigenvalue weighted by atomic mass is 79.9. The highest BCUT2D eigenvalue weighted by Crippen LogP contribution is 2.33. The van der Waals surface area contributed by atoms with E-state index in [0.29, 0.717) is 16.8 Å².